The predicted octanol–water partition coefficient (Wildman–Crippen LogP) is 3.64. The molecule has 7 heteroatoms. The summed E-state index contributed by atoms with van der Waals surface area (Å²) in [4.78, 5) is 0. The second-order valence-electron chi connectivity index (χ2n) is 5.22. The molecule has 1 aromatic carbocycles. The summed E-state index contributed by atoms with van der Waals surface area (Å²) in [6, 6.07) is 7.92. The first-order valence-electron chi connectivity index (χ1n) is 6.98. The molecule has 0 amide bonds. The SMILES string of the molecule is CC(C)c1nnc(NCc2cnn(-c3ccc(Cl)cc3)c2)o1. The van der Waals surface area contributed by atoms with Crippen LogP contribution in [0.3, 0.4) is 0 Å². The minimum atomic E-state index is 0.218. The Morgan fingerprint density at radius 2 is 2.00 bits per heavy atom. The first-order chi connectivity index (χ1) is 10.6. The van der Waals surface area contributed by atoms with Crippen molar-refractivity contribution in [1.29, 1.82) is 0 Å². The van der Waals surface area contributed by atoms with E-state index in [0.29, 0.717) is 23.5 Å². The number of anilines is 1. The van der Waals surface area contributed by atoms with Crippen LogP contribution in [0.15, 0.2) is 41.1 Å². The van der Waals surface area contributed by atoms with E-state index in [9.17, 15) is 0 Å². The lowest BCUT2D eigenvalue weighted by atomic mass is 10.2. The van der Waals surface area contributed by atoms with Crippen LogP contribution in [-0.4, -0.2) is 20.0 Å². The molecule has 22 heavy (non-hydrogen) atoms. The lowest BCUT2D eigenvalue weighted by Gasteiger charge is -2.01. The average molecular weight is 318 g/mol. The zero-order valence-corrected chi connectivity index (χ0v) is 13.1. The highest BCUT2D eigenvalue weighted by molar-refractivity contribution is 6.30. The number of aromatic nitrogens is 4. The van der Waals surface area contributed by atoms with Crippen molar-refractivity contribution in [2.45, 2.75) is 26.3 Å². The minimum absolute atomic E-state index is 0.218. The van der Waals surface area contributed by atoms with E-state index in [1.807, 2.05) is 44.3 Å². The lowest BCUT2D eigenvalue weighted by molar-refractivity contribution is 0.480. The quantitative estimate of drug-likeness (QED) is 0.778. The van der Waals surface area contributed by atoms with E-state index in [0.717, 1.165) is 11.3 Å². The summed E-state index contributed by atoms with van der Waals surface area (Å²) in [5.41, 5.74) is 1.97. The van der Waals surface area contributed by atoms with Gasteiger partial charge in [0.1, 0.15) is 0 Å². The summed E-state index contributed by atoms with van der Waals surface area (Å²) in [6.07, 6.45) is 3.73. The fraction of sp³-hybridized carbons (Fsp3) is 0.267. The van der Waals surface area contributed by atoms with E-state index in [2.05, 4.69) is 20.6 Å². The van der Waals surface area contributed by atoms with Gasteiger partial charge >= 0.3 is 6.01 Å². The largest absolute Gasteiger partial charge is 0.408 e. The van der Waals surface area contributed by atoms with E-state index < -0.39 is 0 Å². The van der Waals surface area contributed by atoms with Crippen LogP contribution in [-0.2, 0) is 6.54 Å². The highest BCUT2D eigenvalue weighted by Gasteiger charge is 2.09. The number of benzene rings is 1. The molecule has 114 valence electrons. The molecule has 0 aliphatic carbocycles. The smallest absolute Gasteiger partial charge is 0.315 e. The molecule has 0 saturated carbocycles. The van der Waals surface area contributed by atoms with E-state index in [1.54, 1.807) is 10.9 Å². The maximum Gasteiger partial charge on any atom is 0.315 e. The van der Waals surface area contributed by atoms with Crippen LogP contribution < -0.4 is 5.32 Å². The fourth-order valence-electron chi connectivity index (χ4n) is 1.90. The predicted molar refractivity (Wildman–Crippen MR) is 84.3 cm³/mol. The monoisotopic (exact) mass is 317 g/mol. The molecule has 0 radical (unpaired) electrons. The van der Waals surface area contributed by atoms with Gasteiger partial charge in [-0.25, -0.2) is 4.68 Å². The van der Waals surface area contributed by atoms with Crippen LogP contribution in [0.4, 0.5) is 6.01 Å². The van der Waals surface area contributed by atoms with E-state index >= 15 is 0 Å². The summed E-state index contributed by atoms with van der Waals surface area (Å²) in [5, 5.41) is 16.1. The summed E-state index contributed by atoms with van der Waals surface area (Å²) in [7, 11) is 0. The number of nitrogens with one attached hydrogen (secondary N) is 1. The molecule has 0 aliphatic heterocycles. The standard InChI is InChI=1S/C15H16ClN5O/c1-10(2)14-19-20-15(22-14)17-7-11-8-18-21(9-11)13-5-3-12(16)4-6-13/h3-6,8-10H,7H2,1-2H3,(H,17,20). The Bertz CT molecular complexity index is 747. The van der Waals surface area contributed by atoms with Crippen molar-refractivity contribution in [3.05, 3.63) is 53.1 Å². The first-order valence-corrected chi connectivity index (χ1v) is 7.36. The van der Waals surface area contributed by atoms with Crippen LogP contribution in [0.5, 0.6) is 0 Å². The summed E-state index contributed by atoms with van der Waals surface area (Å²) in [5.74, 6) is 0.843. The zero-order valence-electron chi connectivity index (χ0n) is 12.3. The van der Waals surface area contributed by atoms with Crippen molar-refractivity contribution in [1.82, 2.24) is 20.0 Å². The molecular formula is C15H16ClN5O. The Hall–Kier alpha value is -2.34. The number of hydrogen-bond donors (Lipinski definition) is 1. The molecular weight excluding hydrogens is 302 g/mol. The molecule has 0 fully saturated rings. The van der Waals surface area contributed by atoms with Crippen LogP contribution in [0.25, 0.3) is 5.69 Å². The van der Waals surface area contributed by atoms with Gasteiger partial charge in [-0.2, -0.15) is 5.10 Å². The Morgan fingerprint density at radius 3 is 2.68 bits per heavy atom. The van der Waals surface area contributed by atoms with Gasteiger partial charge in [-0.15, -0.1) is 5.10 Å². The fourth-order valence-corrected chi connectivity index (χ4v) is 2.03. The normalized spacial score (nSPS) is 11.1. The van der Waals surface area contributed by atoms with E-state index in [1.165, 1.54) is 0 Å². The molecule has 3 aromatic rings. The Kier molecular flexibility index (Phi) is 4.11. The van der Waals surface area contributed by atoms with Crippen LogP contribution in [0.2, 0.25) is 5.02 Å². The van der Waals surface area contributed by atoms with Gasteiger partial charge in [-0.1, -0.05) is 30.5 Å². The molecule has 2 aromatic heterocycles. The number of nitrogens with zero attached hydrogens (tertiary/aromatic N) is 4. The van der Waals surface area contributed by atoms with Gasteiger partial charge in [0.2, 0.25) is 5.89 Å². The maximum atomic E-state index is 5.88. The van der Waals surface area contributed by atoms with Crippen LogP contribution in [0, 0.1) is 0 Å². The summed E-state index contributed by atoms with van der Waals surface area (Å²) < 4.78 is 7.29. The molecule has 0 bridgehead atoms. The Morgan fingerprint density at radius 1 is 1.23 bits per heavy atom. The van der Waals surface area contributed by atoms with Crippen LogP contribution >= 0.6 is 11.6 Å². The number of hydrogen-bond acceptors (Lipinski definition) is 5. The average Bonchev–Trinajstić information content (AvgIpc) is 3.15. The van der Waals surface area contributed by atoms with Gasteiger partial charge in [0.15, 0.2) is 0 Å². The highest BCUT2D eigenvalue weighted by atomic mass is 35.5. The summed E-state index contributed by atoms with van der Waals surface area (Å²) >= 11 is 5.88. The van der Waals surface area contributed by atoms with Crippen molar-refractivity contribution >= 4 is 17.6 Å². The topological polar surface area (TPSA) is 68.8 Å². The van der Waals surface area contributed by atoms with Gasteiger partial charge in [0.05, 0.1) is 11.9 Å². The van der Waals surface area contributed by atoms with Gasteiger partial charge in [-0.3, -0.25) is 0 Å². The molecule has 3 rings (SSSR count). The van der Waals surface area contributed by atoms with Crippen molar-refractivity contribution in [2.75, 3.05) is 5.32 Å². The van der Waals surface area contributed by atoms with Gasteiger partial charge < -0.3 is 9.73 Å². The van der Waals surface area contributed by atoms with E-state index in [-0.39, 0.29) is 5.92 Å². The molecule has 6 nitrogen and oxygen atoms in total. The maximum absolute atomic E-state index is 5.88. The highest BCUT2D eigenvalue weighted by Crippen LogP contribution is 2.16. The van der Waals surface area contributed by atoms with E-state index in [4.69, 9.17) is 16.0 Å². The zero-order chi connectivity index (χ0) is 15.5. The number of halogens is 1. The number of rotatable bonds is 5. The molecule has 0 saturated heterocycles. The molecule has 2 heterocycles. The third kappa shape index (κ3) is 3.28. The molecule has 0 atom stereocenters. The molecule has 0 spiro atoms. The van der Waals surface area contributed by atoms with Gasteiger partial charge in [-0.05, 0) is 24.3 Å². The van der Waals surface area contributed by atoms with Crippen molar-refractivity contribution in [2.24, 2.45) is 0 Å². The molecule has 1 N–H and O–H groups in total. The lowest BCUT2D eigenvalue weighted by Crippen LogP contribution is -1.98. The second kappa shape index (κ2) is 6.19. The molecule has 0 unspecified atom stereocenters. The van der Waals surface area contributed by atoms with Gasteiger partial charge in [0.25, 0.3) is 0 Å². The van der Waals surface area contributed by atoms with Crippen molar-refractivity contribution in [3.63, 3.8) is 0 Å². The third-order valence-electron chi connectivity index (χ3n) is 3.11. The Labute approximate surface area is 133 Å². The third-order valence-corrected chi connectivity index (χ3v) is 3.36. The van der Waals surface area contributed by atoms with Crippen molar-refractivity contribution < 1.29 is 4.42 Å². The second-order valence-corrected chi connectivity index (χ2v) is 5.66. The molecule has 0 aliphatic rings. The minimum Gasteiger partial charge on any atom is -0.408 e. The Balaban J connectivity index is 1.65. The summed E-state index contributed by atoms with van der Waals surface area (Å²) in [6.45, 7) is 4.58. The first kappa shape index (κ1) is 14.6. The van der Waals surface area contributed by atoms with Crippen LogP contribution in [0.1, 0.15) is 31.2 Å². The van der Waals surface area contributed by atoms with Crippen molar-refractivity contribution in [3.8, 4) is 5.69 Å². The van der Waals surface area contributed by atoms with Gasteiger partial charge in [0, 0.05) is 29.2 Å².